The molecule has 2 aliphatic carbocycles. The van der Waals surface area contributed by atoms with E-state index < -0.39 is 0 Å². The van der Waals surface area contributed by atoms with E-state index in [1.807, 2.05) is 11.8 Å². The highest BCUT2D eigenvalue weighted by Crippen LogP contribution is 2.58. The van der Waals surface area contributed by atoms with Crippen molar-refractivity contribution in [2.75, 3.05) is 18.4 Å². The van der Waals surface area contributed by atoms with E-state index in [4.69, 9.17) is 0 Å². The minimum absolute atomic E-state index is 0. The highest BCUT2D eigenvalue weighted by molar-refractivity contribution is 8.00. The van der Waals surface area contributed by atoms with Crippen LogP contribution in [0, 0.1) is 11.3 Å². The van der Waals surface area contributed by atoms with Gasteiger partial charge in [0.05, 0.1) is 0 Å². The van der Waals surface area contributed by atoms with E-state index in [-0.39, 0.29) is 24.2 Å². The van der Waals surface area contributed by atoms with Gasteiger partial charge in [-0.05, 0) is 74.9 Å². The average Bonchev–Trinajstić information content (AvgIpc) is 3.02. The van der Waals surface area contributed by atoms with E-state index in [1.165, 1.54) is 30.6 Å². The lowest BCUT2D eigenvalue weighted by atomic mass is 9.92. The van der Waals surface area contributed by atoms with Crippen molar-refractivity contribution in [2.45, 2.75) is 55.1 Å². The van der Waals surface area contributed by atoms with Gasteiger partial charge < -0.3 is 10.6 Å². The summed E-state index contributed by atoms with van der Waals surface area (Å²) in [6.45, 7) is 2.13. The van der Waals surface area contributed by atoms with Crippen LogP contribution in [0.3, 0.4) is 0 Å². The van der Waals surface area contributed by atoms with E-state index in [1.54, 1.807) is 0 Å². The van der Waals surface area contributed by atoms with Gasteiger partial charge in [-0.25, -0.2) is 0 Å². The van der Waals surface area contributed by atoms with Gasteiger partial charge in [0.25, 0.3) is 0 Å². The van der Waals surface area contributed by atoms with Crippen molar-refractivity contribution in [3.05, 3.63) is 24.3 Å². The van der Waals surface area contributed by atoms with Gasteiger partial charge in [0, 0.05) is 21.8 Å². The summed E-state index contributed by atoms with van der Waals surface area (Å²) >= 11 is 2.00. The Morgan fingerprint density at radius 2 is 1.79 bits per heavy atom. The first-order valence-corrected chi connectivity index (χ1v) is 9.91. The van der Waals surface area contributed by atoms with Gasteiger partial charge in [-0.2, -0.15) is 0 Å². The molecule has 2 saturated carbocycles. The first-order valence-electron chi connectivity index (χ1n) is 9.04. The Kier molecular flexibility index (Phi) is 5.78. The molecular formula is C19H27ClN2OS. The molecule has 132 valence electrons. The fraction of sp³-hybridized carbons (Fsp3) is 0.632. The molecule has 1 heterocycles. The highest BCUT2D eigenvalue weighted by atomic mass is 35.5. The monoisotopic (exact) mass is 366 g/mol. The number of nitrogens with one attached hydrogen (secondary N) is 2. The Hall–Kier alpha value is -0.710. The van der Waals surface area contributed by atoms with Gasteiger partial charge in [0.15, 0.2) is 0 Å². The van der Waals surface area contributed by atoms with Crippen LogP contribution in [0.5, 0.6) is 0 Å². The van der Waals surface area contributed by atoms with Gasteiger partial charge >= 0.3 is 0 Å². The molecule has 1 aromatic carbocycles. The molecule has 1 saturated heterocycles. The van der Waals surface area contributed by atoms with Gasteiger partial charge in [0.1, 0.15) is 0 Å². The second-order valence-corrected chi connectivity index (χ2v) is 8.78. The Morgan fingerprint density at radius 3 is 2.46 bits per heavy atom. The number of halogens is 1. The third-order valence-electron chi connectivity index (χ3n) is 5.83. The van der Waals surface area contributed by atoms with Crippen LogP contribution >= 0.6 is 24.2 Å². The Morgan fingerprint density at radius 1 is 1.12 bits per heavy atom. The quantitative estimate of drug-likeness (QED) is 0.825. The number of anilines is 1. The minimum atomic E-state index is 0. The molecule has 1 spiro atoms. The summed E-state index contributed by atoms with van der Waals surface area (Å²) in [5, 5.41) is 7.31. The number of thioether (sulfide) groups is 1. The number of carbonyl (C=O) groups excluding carboxylic acids is 1. The van der Waals surface area contributed by atoms with E-state index >= 15 is 0 Å². The van der Waals surface area contributed by atoms with E-state index in [0.717, 1.165) is 43.3 Å². The standard InChI is InChI=1S/C19H26N2OS.ClH/c22-18(17-13-19(17)9-11-20-12-10-19)21-14-5-7-16(8-6-14)23-15-3-1-2-4-15;/h5-8,15,17,20H,1-4,9-13H2,(H,21,22);1H. The molecule has 5 heteroatoms. The molecular weight excluding hydrogens is 340 g/mol. The molecule has 1 aliphatic heterocycles. The van der Waals surface area contributed by atoms with Crippen molar-refractivity contribution in [2.24, 2.45) is 11.3 Å². The number of rotatable bonds is 4. The lowest BCUT2D eigenvalue weighted by molar-refractivity contribution is -0.118. The largest absolute Gasteiger partial charge is 0.326 e. The van der Waals surface area contributed by atoms with Gasteiger partial charge in [0.2, 0.25) is 5.91 Å². The van der Waals surface area contributed by atoms with Crippen LogP contribution < -0.4 is 10.6 Å². The molecule has 1 aromatic rings. The lowest BCUT2D eigenvalue weighted by Gasteiger charge is -2.23. The van der Waals surface area contributed by atoms with Crippen LogP contribution in [-0.2, 0) is 4.79 Å². The van der Waals surface area contributed by atoms with Crippen molar-refractivity contribution in [1.82, 2.24) is 5.32 Å². The van der Waals surface area contributed by atoms with Crippen LogP contribution in [-0.4, -0.2) is 24.2 Å². The molecule has 3 aliphatic rings. The lowest BCUT2D eigenvalue weighted by Crippen LogP contribution is -2.31. The second kappa shape index (κ2) is 7.67. The molecule has 1 atom stereocenters. The molecule has 1 amide bonds. The third-order valence-corrected chi connectivity index (χ3v) is 7.18. The molecule has 3 nitrogen and oxygen atoms in total. The number of piperidine rings is 1. The third kappa shape index (κ3) is 3.92. The van der Waals surface area contributed by atoms with E-state index in [2.05, 4.69) is 34.9 Å². The first kappa shape index (κ1) is 18.1. The van der Waals surface area contributed by atoms with E-state index in [9.17, 15) is 4.79 Å². The molecule has 1 unspecified atom stereocenters. The van der Waals surface area contributed by atoms with Crippen LogP contribution in [0.4, 0.5) is 5.69 Å². The summed E-state index contributed by atoms with van der Waals surface area (Å²) in [6, 6.07) is 8.44. The predicted octanol–water partition coefficient (Wildman–Crippen LogP) is 4.47. The molecule has 0 radical (unpaired) electrons. The zero-order valence-electron chi connectivity index (χ0n) is 14.1. The van der Waals surface area contributed by atoms with Gasteiger partial charge in [-0.15, -0.1) is 24.2 Å². The SMILES string of the molecule is Cl.O=C(Nc1ccc(SC2CCCC2)cc1)C1CC12CCNCC2. The van der Waals surface area contributed by atoms with Crippen molar-refractivity contribution in [1.29, 1.82) is 0 Å². The zero-order valence-corrected chi connectivity index (χ0v) is 15.7. The Labute approximate surface area is 155 Å². The summed E-state index contributed by atoms with van der Waals surface area (Å²) in [7, 11) is 0. The first-order chi connectivity index (χ1) is 11.3. The molecule has 4 rings (SSSR count). The molecule has 0 bridgehead atoms. The van der Waals surface area contributed by atoms with Crippen molar-refractivity contribution in [3.63, 3.8) is 0 Å². The zero-order chi connectivity index (χ0) is 15.7. The summed E-state index contributed by atoms with van der Waals surface area (Å²) in [4.78, 5) is 13.8. The van der Waals surface area contributed by atoms with Crippen molar-refractivity contribution in [3.8, 4) is 0 Å². The maximum atomic E-state index is 12.5. The summed E-state index contributed by atoms with van der Waals surface area (Å²) in [5.74, 6) is 0.459. The van der Waals surface area contributed by atoms with Gasteiger partial charge in [-0.1, -0.05) is 12.8 Å². The molecule has 0 aromatic heterocycles. The number of benzene rings is 1. The topological polar surface area (TPSA) is 41.1 Å². The number of hydrogen-bond acceptors (Lipinski definition) is 3. The van der Waals surface area contributed by atoms with Crippen LogP contribution in [0.1, 0.15) is 44.9 Å². The normalized spacial score (nSPS) is 25.2. The molecule has 2 N–H and O–H groups in total. The van der Waals surface area contributed by atoms with Crippen LogP contribution in [0.25, 0.3) is 0 Å². The summed E-state index contributed by atoms with van der Waals surface area (Å²) in [6.07, 6.45) is 8.85. The average molecular weight is 367 g/mol. The number of carbonyl (C=O) groups is 1. The van der Waals surface area contributed by atoms with Crippen molar-refractivity contribution < 1.29 is 4.79 Å². The summed E-state index contributed by atoms with van der Waals surface area (Å²) in [5.41, 5.74) is 1.26. The number of hydrogen-bond donors (Lipinski definition) is 2. The van der Waals surface area contributed by atoms with E-state index in [0.29, 0.717) is 5.41 Å². The fourth-order valence-corrected chi connectivity index (χ4v) is 5.49. The van der Waals surface area contributed by atoms with Crippen molar-refractivity contribution >= 4 is 35.8 Å². The predicted molar refractivity (Wildman–Crippen MR) is 103 cm³/mol. The number of amides is 1. The maximum absolute atomic E-state index is 12.5. The smallest absolute Gasteiger partial charge is 0.228 e. The van der Waals surface area contributed by atoms with Gasteiger partial charge in [-0.3, -0.25) is 4.79 Å². The second-order valence-electron chi connectivity index (χ2n) is 7.41. The van der Waals surface area contributed by atoms with Crippen LogP contribution in [0.2, 0.25) is 0 Å². The summed E-state index contributed by atoms with van der Waals surface area (Å²) < 4.78 is 0. The minimum Gasteiger partial charge on any atom is -0.326 e. The maximum Gasteiger partial charge on any atom is 0.228 e. The molecule has 3 fully saturated rings. The highest BCUT2D eigenvalue weighted by Gasteiger charge is 2.57. The Balaban J connectivity index is 0.00000169. The Bertz CT molecular complexity index is 565. The molecule has 24 heavy (non-hydrogen) atoms. The van der Waals surface area contributed by atoms with Crippen LogP contribution in [0.15, 0.2) is 29.2 Å². The fourth-order valence-electron chi connectivity index (χ4n) is 4.24.